The lowest BCUT2D eigenvalue weighted by atomic mass is 10.1. The summed E-state index contributed by atoms with van der Waals surface area (Å²) in [5, 5.41) is 11.0. The molecule has 0 amide bonds. The molecular weight excluding hydrogens is 308 g/mol. The Kier molecular flexibility index (Phi) is 4.51. The van der Waals surface area contributed by atoms with Crippen LogP contribution in [0.5, 0.6) is 0 Å². The van der Waals surface area contributed by atoms with Crippen molar-refractivity contribution in [3.8, 4) is 11.3 Å². The van der Waals surface area contributed by atoms with Crippen LogP contribution in [0.15, 0.2) is 60.7 Å². The fourth-order valence-corrected chi connectivity index (χ4v) is 3.14. The lowest BCUT2D eigenvalue weighted by Gasteiger charge is -2.21. The maximum Gasteiger partial charge on any atom is 0.0731 e. The molecule has 1 atom stereocenters. The number of halogens is 1. The first kappa shape index (κ1) is 15.8. The summed E-state index contributed by atoms with van der Waals surface area (Å²) in [6.45, 7) is 1.59. The number of nitrogens with zero attached hydrogens (tertiary/aromatic N) is 2. The normalized spacial score (nSPS) is 17.3. The van der Waals surface area contributed by atoms with Crippen LogP contribution >= 0.6 is 12.4 Å². The van der Waals surface area contributed by atoms with Crippen LogP contribution in [0.4, 0.5) is 5.69 Å². The average Bonchev–Trinajstić information content (AvgIpc) is 3.01. The van der Waals surface area contributed by atoms with E-state index in [0.717, 1.165) is 35.1 Å². The molecular formula is C19H19ClN2O. The Morgan fingerprint density at radius 1 is 1.00 bits per heavy atom. The number of fused-ring (bicyclic) bond motifs is 1. The molecule has 1 aliphatic rings. The number of aromatic nitrogens is 1. The van der Waals surface area contributed by atoms with E-state index in [1.807, 2.05) is 30.3 Å². The monoisotopic (exact) mass is 326 g/mol. The van der Waals surface area contributed by atoms with Gasteiger partial charge in [-0.1, -0.05) is 48.5 Å². The zero-order valence-corrected chi connectivity index (χ0v) is 13.5. The number of anilines is 1. The molecule has 1 saturated heterocycles. The second-order valence-electron chi connectivity index (χ2n) is 5.80. The number of benzene rings is 2. The van der Waals surface area contributed by atoms with Crippen molar-refractivity contribution in [1.29, 1.82) is 0 Å². The first-order valence-corrected chi connectivity index (χ1v) is 7.69. The molecule has 0 unspecified atom stereocenters. The molecule has 4 rings (SSSR count). The third-order valence-corrected chi connectivity index (χ3v) is 4.27. The molecule has 2 aromatic carbocycles. The molecule has 118 valence electrons. The molecule has 0 aliphatic carbocycles. The molecule has 1 aliphatic heterocycles. The van der Waals surface area contributed by atoms with Gasteiger partial charge in [-0.05, 0) is 18.6 Å². The van der Waals surface area contributed by atoms with Gasteiger partial charge in [0.1, 0.15) is 0 Å². The predicted octanol–water partition coefficient (Wildman–Crippen LogP) is 3.89. The summed E-state index contributed by atoms with van der Waals surface area (Å²) >= 11 is 0. The predicted molar refractivity (Wildman–Crippen MR) is 97.3 cm³/mol. The first-order valence-electron chi connectivity index (χ1n) is 7.69. The van der Waals surface area contributed by atoms with Crippen LogP contribution in [0.2, 0.25) is 0 Å². The van der Waals surface area contributed by atoms with E-state index in [9.17, 15) is 5.11 Å². The summed E-state index contributed by atoms with van der Waals surface area (Å²) in [6.07, 6.45) is 0.601. The van der Waals surface area contributed by atoms with Crippen molar-refractivity contribution in [3.05, 3.63) is 60.7 Å². The third kappa shape index (κ3) is 3.03. The van der Waals surface area contributed by atoms with Crippen LogP contribution in [-0.2, 0) is 0 Å². The van der Waals surface area contributed by atoms with Gasteiger partial charge < -0.3 is 10.0 Å². The van der Waals surface area contributed by atoms with Crippen molar-refractivity contribution in [3.63, 3.8) is 0 Å². The number of rotatable bonds is 2. The minimum absolute atomic E-state index is 0. The summed E-state index contributed by atoms with van der Waals surface area (Å²) < 4.78 is 0. The Morgan fingerprint density at radius 3 is 2.48 bits per heavy atom. The number of aliphatic hydroxyl groups is 1. The van der Waals surface area contributed by atoms with Gasteiger partial charge >= 0.3 is 0 Å². The number of β-amino-alcohol motifs (C(OH)–C–C–N with tert-alkyl or cyclic N) is 1. The van der Waals surface area contributed by atoms with Crippen LogP contribution in [0, 0.1) is 0 Å². The van der Waals surface area contributed by atoms with Crippen LogP contribution in [0.25, 0.3) is 22.2 Å². The minimum Gasteiger partial charge on any atom is -0.391 e. The van der Waals surface area contributed by atoms with E-state index in [0.29, 0.717) is 6.54 Å². The molecule has 4 heteroatoms. The Bertz CT molecular complexity index is 807. The molecule has 1 aromatic heterocycles. The molecule has 23 heavy (non-hydrogen) atoms. The fraction of sp³-hybridized carbons (Fsp3) is 0.211. The molecule has 2 heterocycles. The van der Waals surface area contributed by atoms with Crippen molar-refractivity contribution in [1.82, 2.24) is 4.98 Å². The topological polar surface area (TPSA) is 36.4 Å². The van der Waals surface area contributed by atoms with E-state index in [4.69, 9.17) is 4.98 Å². The molecule has 0 spiro atoms. The summed E-state index contributed by atoms with van der Waals surface area (Å²) in [7, 11) is 0. The largest absolute Gasteiger partial charge is 0.391 e. The summed E-state index contributed by atoms with van der Waals surface area (Å²) in [5.74, 6) is 0. The highest BCUT2D eigenvalue weighted by Crippen LogP contribution is 2.32. The highest BCUT2D eigenvalue weighted by Gasteiger charge is 2.22. The average molecular weight is 327 g/mol. The SMILES string of the molecule is Cl.O[C@@H]1CCN(c2cc(-c3ccccc3)nc3ccccc23)C1. The van der Waals surface area contributed by atoms with E-state index in [2.05, 4.69) is 35.2 Å². The Hall–Kier alpha value is -2.10. The zero-order chi connectivity index (χ0) is 14.9. The number of aliphatic hydroxyl groups excluding tert-OH is 1. The van der Waals surface area contributed by atoms with Gasteiger partial charge in [0.05, 0.1) is 17.3 Å². The van der Waals surface area contributed by atoms with Crippen LogP contribution in [0.1, 0.15) is 6.42 Å². The number of hydrogen-bond acceptors (Lipinski definition) is 3. The van der Waals surface area contributed by atoms with E-state index in [1.165, 1.54) is 5.69 Å². The number of hydrogen-bond donors (Lipinski definition) is 1. The van der Waals surface area contributed by atoms with E-state index in [1.54, 1.807) is 0 Å². The van der Waals surface area contributed by atoms with Crippen molar-refractivity contribution >= 4 is 29.0 Å². The number of pyridine rings is 1. The minimum atomic E-state index is -0.230. The standard InChI is InChI=1S/C19H18N2O.ClH/c22-15-10-11-21(13-15)19-12-18(14-6-2-1-3-7-14)20-17-9-5-4-8-16(17)19;/h1-9,12,15,22H,10-11,13H2;1H/t15-;/m1./s1. The number of para-hydroxylation sites is 1. The van der Waals surface area contributed by atoms with Crippen molar-refractivity contribution in [2.75, 3.05) is 18.0 Å². The second-order valence-corrected chi connectivity index (χ2v) is 5.80. The van der Waals surface area contributed by atoms with Gasteiger partial charge in [-0.25, -0.2) is 4.98 Å². The smallest absolute Gasteiger partial charge is 0.0731 e. The highest BCUT2D eigenvalue weighted by atomic mass is 35.5. The van der Waals surface area contributed by atoms with Crippen molar-refractivity contribution < 1.29 is 5.11 Å². The Balaban J connectivity index is 0.00000156. The first-order chi connectivity index (χ1) is 10.8. The molecule has 0 saturated carbocycles. The molecule has 1 fully saturated rings. The van der Waals surface area contributed by atoms with Crippen molar-refractivity contribution in [2.45, 2.75) is 12.5 Å². The molecule has 0 radical (unpaired) electrons. The molecule has 3 aromatic rings. The van der Waals surface area contributed by atoms with Crippen molar-refractivity contribution in [2.24, 2.45) is 0 Å². The summed E-state index contributed by atoms with van der Waals surface area (Å²) in [5.41, 5.74) is 4.27. The fourth-order valence-electron chi connectivity index (χ4n) is 3.14. The summed E-state index contributed by atoms with van der Waals surface area (Å²) in [4.78, 5) is 7.07. The third-order valence-electron chi connectivity index (χ3n) is 4.27. The van der Waals surface area contributed by atoms with Crippen LogP contribution in [0.3, 0.4) is 0 Å². The molecule has 0 bridgehead atoms. The lowest BCUT2D eigenvalue weighted by Crippen LogP contribution is -2.21. The molecule has 1 N–H and O–H groups in total. The zero-order valence-electron chi connectivity index (χ0n) is 12.7. The second kappa shape index (κ2) is 6.57. The quantitative estimate of drug-likeness (QED) is 0.776. The Labute approximate surface area is 142 Å². The van der Waals surface area contributed by atoms with Gasteiger partial charge in [0.25, 0.3) is 0 Å². The van der Waals surface area contributed by atoms with Crippen LogP contribution in [-0.4, -0.2) is 29.3 Å². The lowest BCUT2D eigenvalue weighted by molar-refractivity contribution is 0.198. The van der Waals surface area contributed by atoms with E-state index >= 15 is 0 Å². The van der Waals surface area contributed by atoms with Gasteiger partial charge in [0.15, 0.2) is 0 Å². The van der Waals surface area contributed by atoms with Gasteiger partial charge in [-0.15, -0.1) is 12.4 Å². The van der Waals surface area contributed by atoms with Gasteiger partial charge in [-0.2, -0.15) is 0 Å². The van der Waals surface area contributed by atoms with E-state index < -0.39 is 0 Å². The van der Waals surface area contributed by atoms with E-state index in [-0.39, 0.29) is 18.5 Å². The maximum absolute atomic E-state index is 9.86. The Morgan fingerprint density at radius 2 is 1.74 bits per heavy atom. The van der Waals surface area contributed by atoms with Gasteiger partial charge in [0, 0.05) is 29.7 Å². The molecule has 3 nitrogen and oxygen atoms in total. The summed E-state index contributed by atoms with van der Waals surface area (Å²) in [6, 6.07) is 20.6. The van der Waals surface area contributed by atoms with Crippen LogP contribution < -0.4 is 4.90 Å². The van der Waals surface area contributed by atoms with Gasteiger partial charge in [-0.3, -0.25) is 0 Å². The highest BCUT2D eigenvalue weighted by molar-refractivity contribution is 5.94. The maximum atomic E-state index is 9.86. The van der Waals surface area contributed by atoms with Gasteiger partial charge in [0.2, 0.25) is 0 Å².